The van der Waals surface area contributed by atoms with Gasteiger partial charge < -0.3 is 10.1 Å². The van der Waals surface area contributed by atoms with E-state index in [0.29, 0.717) is 22.4 Å². The summed E-state index contributed by atoms with van der Waals surface area (Å²) < 4.78 is 29.3. The number of ether oxygens (including phenoxy) is 1. The van der Waals surface area contributed by atoms with Crippen LogP contribution in [0.1, 0.15) is 44.7 Å². The van der Waals surface area contributed by atoms with Crippen LogP contribution in [0.4, 0.5) is 14.5 Å². The largest absolute Gasteiger partial charge is 0.434 e. The van der Waals surface area contributed by atoms with Crippen molar-refractivity contribution in [2.45, 2.75) is 33.3 Å². The number of nitrogens with one attached hydrogen (secondary N) is 1. The van der Waals surface area contributed by atoms with Crippen molar-refractivity contribution >= 4 is 23.4 Å². The van der Waals surface area contributed by atoms with Crippen molar-refractivity contribution in [1.29, 1.82) is 0 Å². The molecule has 0 aromatic heterocycles. The molecule has 2 aromatic rings. The van der Waals surface area contributed by atoms with Gasteiger partial charge in [0.05, 0.1) is 11.1 Å². The lowest BCUT2D eigenvalue weighted by Gasteiger charge is -2.15. The Morgan fingerprint density at radius 3 is 2.55 bits per heavy atom. The van der Waals surface area contributed by atoms with E-state index in [4.69, 9.17) is 0 Å². The molecule has 0 unspecified atom stereocenters. The zero-order valence-electron chi connectivity index (χ0n) is 16.0. The van der Waals surface area contributed by atoms with Crippen LogP contribution in [0, 0.1) is 13.8 Å². The summed E-state index contributed by atoms with van der Waals surface area (Å²) in [7, 11) is 0. The Bertz CT molecular complexity index is 975. The Morgan fingerprint density at radius 2 is 1.83 bits per heavy atom. The number of aryl methyl sites for hydroxylation is 1. The monoisotopic (exact) mass is 402 g/mol. The van der Waals surface area contributed by atoms with Crippen LogP contribution in [0.5, 0.6) is 5.75 Å². The van der Waals surface area contributed by atoms with Gasteiger partial charge in [0, 0.05) is 24.2 Å². The second kappa shape index (κ2) is 8.38. The van der Waals surface area contributed by atoms with Crippen LogP contribution in [0.25, 0.3) is 0 Å². The standard InChI is InChI=1S/C21H20F2N2O4/c1-12-8-9-14-15(11-12)20(28)25(19(14)27)10-4-7-18(26)24-16-5-3-6-17(13(16)2)29-21(22)23/h3,5-6,8-9,11,21H,4,7,10H2,1-2H3,(H,24,26). The highest BCUT2D eigenvalue weighted by molar-refractivity contribution is 6.21. The van der Waals surface area contributed by atoms with Crippen LogP contribution in [-0.2, 0) is 4.79 Å². The van der Waals surface area contributed by atoms with E-state index < -0.39 is 6.61 Å². The van der Waals surface area contributed by atoms with Gasteiger partial charge in [-0.1, -0.05) is 17.7 Å². The maximum atomic E-state index is 12.4. The molecular weight excluding hydrogens is 382 g/mol. The van der Waals surface area contributed by atoms with Crippen LogP contribution >= 0.6 is 0 Å². The zero-order chi connectivity index (χ0) is 21.1. The van der Waals surface area contributed by atoms with Crippen molar-refractivity contribution in [3.63, 3.8) is 0 Å². The van der Waals surface area contributed by atoms with Crippen LogP contribution in [0.3, 0.4) is 0 Å². The van der Waals surface area contributed by atoms with E-state index in [1.165, 1.54) is 12.1 Å². The first-order valence-electron chi connectivity index (χ1n) is 9.09. The molecule has 1 heterocycles. The van der Waals surface area contributed by atoms with Crippen molar-refractivity contribution in [2.24, 2.45) is 0 Å². The number of carbonyl (C=O) groups is 3. The average Bonchev–Trinajstić information content (AvgIpc) is 2.89. The van der Waals surface area contributed by atoms with Crippen molar-refractivity contribution in [3.05, 3.63) is 58.7 Å². The SMILES string of the molecule is Cc1ccc2c(c1)C(=O)N(CCCC(=O)Nc1cccc(OC(F)F)c1C)C2=O. The molecule has 0 spiro atoms. The molecular formula is C21H20F2N2O4. The van der Waals surface area contributed by atoms with Gasteiger partial charge in [0.15, 0.2) is 0 Å². The predicted octanol–water partition coefficient (Wildman–Crippen LogP) is 3.92. The number of carbonyl (C=O) groups excluding carboxylic acids is 3. The van der Waals surface area contributed by atoms with Gasteiger partial charge in [-0.25, -0.2) is 0 Å². The summed E-state index contributed by atoms with van der Waals surface area (Å²) >= 11 is 0. The quantitative estimate of drug-likeness (QED) is 0.713. The third kappa shape index (κ3) is 4.42. The Balaban J connectivity index is 1.56. The lowest BCUT2D eigenvalue weighted by Crippen LogP contribution is -2.31. The van der Waals surface area contributed by atoms with Gasteiger partial charge in [0.1, 0.15) is 5.75 Å². The molecule has 3 amide bonds. The van der Waals surface area contributed by atoms with Gasteiger partial charge in [-0.15, -0.1) is 0 Å². The second-order valence-corrected chi connectivity index (χ2v) is 6.77. The molecule has 1 aliphatic rings. The number of rotatable bonds is 7. The Morgan fingerprint density at radius 1 is 1.10 bits per heavy atom. The third-order valence-electron chi connectivity index (χ3n) is 4.69. The first-order valence-corrected chi connectivity index (χ1v) is 9.09. The topological polar surface area (TPSA) is 75.7 Å². The molecule has 3 rings (SSSR count). The number of amides is 3. The minimum atomic E-state index is -2.96. The van der Waals surface area contributed by atoms with Crippen LogP contribution < -0.4 is 10.1 Å². The number of alkyl halides is 2. The molecule has 2 aromatic carbocycles. The number of imide groups is 1. The van der Waals surface area contributed by atoms with Gasteiger partial charge in [0.2, 0.25) is 5.91 Å². The Hall–Kier alpha value is -3.29. The van der Waals surface area contributed by atoms with Crippen LogP contribution in [0.15, 0.2) is 36.4 Å². The maximum absolute atomic E-state index is 12.4. The summed E-state index contributed by atoms with van der Waals surface area (Å²) in [6, 6.07) is 9.56. The molecule has 0 bridgehead atoms. The highest BCUT2D eigenvalue weighted by atomic mass is 19.3. The molecule has 6 nitrogen and oxygen atoms in total. The highest BCUT2D eigenvalue weighted by Gasteiger charge is 2.34. The number of fused-ring (bicyclic) bond motifs is 1. The van der Waals surface area contributed by atoms with Gasteiger partial charge in [-0.05, 0) is 44.5 Å². The molecule has 0 radical (unpaired) electrons. The minimum Gasteiger partial charge on any atom is -0.434 e. The van der Waals surface area contributed by atoms with E-state index >= 15 is 0 Å². The number of benzene rings is 2. The summed E-state index contributed by atoms with van der Waals surface area (Å²) in [5, 5.41) is 2.64. The smallest absolute Gasteiger partial charge is 0.387 e. The minimum absolute atomic E-state index is 0.0147. The lowest BCUT2D eigenvalue weighted by molar-refractivity contribution is -0.116. The van der Waals surface area contributed by atoms with Crippen LogP contribution in [0.2, 0.25) is 0 Å². The fraction of sp³-hybridized carbons (Fsp3) is 0.286. The lowest BCUT2D eigenvalue weighted by atomic mass is 10.1. The molecule has 29 heavy (non-hydrogen) atoms. The van der Waals surface area contributed by atoms with Gasteiger partial charge >= 0.3 is 6.61 Å². The number of nitrogens with zero attached hydrogens (tertiary/aromatic N) is 1. The fourth-order valence-electron chi connectivity index (χ4n) is 3.19. The van der Waals surface area contributed by atoms with Crippen molar-refractivity contribution in [1.82, 2.24) is 4.90 Å². The summed E-state index contributed by atoms with van der Waals surface area (Å²) in [5.74, 6) is -1.09. The van der Waals surface area contributed by atoms with E-state index in [9.17, 15) is 23.2 Å². The van der Waals surface area contributed by atoms with Gasteiger partial charge in [-0.3, -0.25) is 19.3 Å². The number of halogens is 2. The predicted molar refractivity (Wildman–Crippen MR) is 102 cm³/mol. The number of hydrogen-bond acceptors (Lipinski definition) is 4. The maximum Gasteiger partial charge on any atom is 0.387 e. The summed E-state index contributed by atoms with van der Waals surface area (Å²) in [6.45, 7) is 0.567. The normalized spacial score (nSPS) is 13.1. The molecule has 0 saturated heterocycles. The van der Waals surface area contributed by atoms with E-state index in [1.54, 1.807) is 31.2 Å². The first-order chi connectivity index (χ1) is 13.8. The third-order valence-corrected chi connectivity index (χ3v) is 4.69. The van der Waals surface area contributed by atoms with Crippen LogP contribution in [-0.4, -0.2) is 35.8 Å². The summed E-state index contributed by atoms with van der Waals surface area (Å²) in [4.78, 5) is 38.2. The highest BCUT2D eigenvalue weighted by Crippen LogP contribution is 2.27. The van der Waals surface area contributed by atoms with Crippen molar-refractivity contribution in [2.75, 3.05) is 11.9 Å². The molecule has 0 atom stereocenters. The second-order valence-electron chi connectivity index (χ2n) is 6.77. The molecule has 1 aliphatic heterocycles. The molecule has 0 fully saturated rings. The number of hydrogen-bond donors (Lipinski definition) is 1. The molecule has 1 N–H and O–H groups in total. The summed E-state index contributed by atoms with van der Waals surface area (Å²) in [6.07, 6.45) is 0.342. The van der Waals surface area contributed by atoms with E-state index in [1.807, 2.05) is 6.92 Å². The average molecular weight is 402 g/mol. The van der Waals surface area contributed by atoms with Gasteiger partial charge in [0.25, 0.3) is 11.8 Å². The first kappa shape index (κ1) is 20.4. The van der Waals surface area contributed by atoms with Gasteiger partial charge in [-0.2, -0.15) is 8.78 Å². The van der Waals surface area contributed by atoms with Crippen molar-refractivity contribution < 1.29 is 27.9 Å². The molecule has 0 aliphatic carbocycles. The zero-order valence-corrected chi connectivity index (χ0v) is 16.0. The Kier molecular flexibility index (Phi) is 5.91. The van der Waals surface area contributed by atoms with Crippen molar-refractivity contribution in [3.8, 4) is 5.75 Å². The van der Waals surface area contributed by atoms with E-state index in [2.05, 4.69) is 10.1 Å². The fourth-order valence-corrected chi connectivity index (χ4v) is 3.19. The number of anilines is 1. The molecule has 0 saturated carbocycles. The molecule has 8 heteroatoms. The molecule has 152 valence electrons. The Labute approximate surface area is 166 Å². The van der Waals surface area contributed by atoms with E-state index in [-0.39, 0.29) is 42.9 Å². The summed E-state index contributed by atoms with van der Waals surface area (Å²) in [5.41, 5.74) is 2.39. The van der Waals surface area contributed by atoms with E-state index in [0.717, 1.165) is 10.5 Å².